The lowest BCUT2D eigenvalue weighted by Gasteiger charge is -2.35. The summed E-state index contributed by atoms with van der Waals surface area (Å²) in [5.74, 6) is 0.983. The molecule has 76 valence electrons. The lowest BCUT2D eigenvalue weighted by atomic mass is 9.86. The fraction of sp³-hybridized carbons (Fsp3) is 1.00. The van der Waals surface area contributed by atoms with Crippen LogP contribution in [0.5, 0.6) is 0 Å². The first-order valence-electron chi connectivity index (χ1n) is 5.78. The maximum absolute atomic E-state index is 5.39. The highest BCUT2D eigenvalue weighted by molar-refractivity contribution is 4.69. The Balaban J connectivity index is 1.79. The molecule has 2 heteroatoms. The van der Waals surface area contributed by atoms with Gasteiger partial charge in [-0.05, 0) is 31.6 Å². The van der Waals surface area contributed by atoms with Crippen molar-refractivity contribution >= 4 is 0 Å². The number of quaternary nitrogens is 1. The summed E-state index contributed by atoms with van der Waals surface area (Å²) in [6.45, 7) is 6.87. The van der Waals surface area contributed by atoms with Gasteiger partial charge in [-0.1, -0.05) is 6.92 Å². The van der Waals surface area contributed by atoms with E-state index >= 15 is 0 Å². The average Bonchev–Trinajstić information content (AvgIpc) is 2.20. The van der Waals surface area contributed by atoms with Crippen molar-refractivity contribution < 1.29 is 9.64 Å². The molecule has 0 amide bonds. The maximum atomic E-state index is 5.39. The van der Waals surface area contributed by atoms with Crippen LogP contribution in [0.4, 0.5) is 0 Å². The summed E-state index contributed by atoms with van der Waals surface area (Å²) in [6, 6.07) is 0.958. The normalized spacial score (nSPS) is 37.6. The summed E-state index contributed by atoms with van der Waals surface area (Å²) in [4.78, 5) is 1.82. The molecule has 0 aromatic heterocycles. The third-order valence-electron chi connectivity index (χ3n) is 3.73. The minimum absolute atomic E-state index is 0.958. The summed E-state index contributed by atoms with van der Waals surface area (Å²) in [7, 11) is 0. The van der Waals surface area contributed by atoms with E-state index in [1.165, 1.54) is 38.8 Å². The van der Waals surface area contributed by atoms with Crippen LogP contribution in [0, 0.1) is 5.92 Å². The number of rotatable bonds is 1. The Hall–Kier alpha value is -0.0800. The van der Waals surface area contributed by atoms with Crippen LogP contribution in [-0.2, 0) is 4.74 Å². The van der Waals surface area contributed by atoms with Gasteiger partial charge in [0, 0.05) is 0 Å². The number of hydrogen-bond acceptors (Lipinski definition) is 1. The minimum Gasteiger partial charge on any atom is -0.370 e. The molecule has 0 radical (unpaired) electrons. The molecule has 1 saturated carbocycles. The lowest BCUT2D eigenvalue weighted by molar-refractivity contribution is -0.934. The van der Waals surface area contributed by atoms with Gasteiger partial charge in [-0.15, -0.1) is 0 Å². The maximum Gasteiger partial charge on any atom is 0.101 e. The molecule has 13 heavy (non-hydrogen) atoms. The van der Waals surface area contributed by atoms with Crippen molar-refractivity contribution in [3.8, 4) is 0 Å². The average molecular weight is 184 g/mol. The fourth-order valence-electron chi connectivity index (χ4n) is 2.71. The molecule has 0 unspecified atom stereocenters. The highest BCUT2D eigenvalue weighted by Gasteiger charge is 2.28. The van der Waals surface area contributed by atoms with Gasteiger partial charge in [-0.3, -0.25) is 0 Å². The van der Waals surface area contributed by atoms with Crippen molar-refractivity contribution in [3.63, 3.8) is 0 Å². The lowest BCUT2D eigenvalue weighted by Crippen LogP contribution is -3.17. The molecule has 0 bridgehead atoms. The number of morpholine rings is 1. The van der Waals surface area contributed by atoms with Crippen LogP contribution in [0.3, 0.4) is 0 Å². The number of nitrogens with one attached hydrogen (secondary N) is 1. The third kappa shape index (κ3) is 2.44. The van der Waals surface area contributed by atoms with Crippen molar-refractivity contribution in [3.05, 3.63) is 0 Å². The first kappa shape index (κ1) is 9.47. The molecule has 1 heterocycles. The van der Waals surface area contributed by atoms with E-state index in [9.17, 15) is 0 Å². The third-order valence-corrected chi connectivity index (χ3v) is 3.73. The van der Waals surface area contributed by atoms with Gasteiger partial charge < -0.3 is 9.64 Å². The second-order valence-corrected chi connectivity index (χ2v) is 4.73. The van der Waals surface area contributed by atoms with Crippen LogP contribution in [0.1, 0.15) is 32.6 Å². The van der Waals surface area contributed by atoms with E-state index < -0.39 is 0 Å². The Labute approximate surface area is 81.3 Å². The van der Waals surface area contributed by atoms with E-state index in [4.69, 9.17) is 4.74 Å². The second-order valence-electron chi connectivity index (χ2n) is 4.73. The Morgan fingerprint density at radius 3 is 2.23 bits per heavy atom. The monoisotopic (exact) mass is 184 g/mol. The van der Waals surface area contributed by atoms with Gasteiger partial charge >= 0.3 is 0 Å². The van der Waals surface area contributed by atoms with E-state index in [1.807, 2.05) is 4.90 Å². The zero-order chi connectivity index (χ0) is 9.10. The van der Waals surface area contributed by atoms with Gasteiger partial charge in [0.25, 0.3) is 0 Å². The Morgan fingerprint density at radius 1 is 1.00 bits per heavy atom. The predicted octanol–water partition coefficient (Wildman–Crippen LogP) is 0.480. The van der Waals surface area contributed by atoms with E-state index in [0.29, 0.717) is 0 Å². The van der Waals surface area contributed by atoms with Gasteiger partial charge in [0.15, 0.2) is 0 Å². The van der Waals surface area contributed by atoms with Gasteiger partial charge in [0.2, 0.25) is 0 Å². The summed E-state index contributed by atoms with van der Waals surface area (Å²) in [5.41, 5.74) is 0. The molecule has 2 fully saturated rings. The quantitative estimate of drug-likeness (QED) is 0.626. The largest absolute Gasteiger partial charge is 0.370 e. The molecule has 0 aromatic carbocycles. The number of ether oxygens (including phenoxy) is 1. The smallest absolute Gasteiger partial charge is 0.101 e. The zero-order valence-electron chi connectivity index (χ0n) is 8.72. The molecule has 1 aliphatic carbocycles. The molecular formula is C11H22NO+. The van der Waals surface area contributed by atoms with E-state index in [-0.39, 0.29) is 0 Å². The van der Waals surface area contributed by atoms with Crippen LogP contribution in [-0.4, -0.2) is 32.3 Å². The zero-order valence-corrected chi connectivity index (χ0v) is 8.72. The number of hydrogen-bond donors (Lipinski definition) is 1. The van der Waals surface area contributed by atoms with Crippen LogP contribution < -0.4 is 4.90 Å². The topological polar surface area (TPSA) is 13.7 Å². The summed E-state index contributed by atoms with van der Waals surface area (Å²) in [5, 5.41) is 0. The molecule has 0 aromatic rings. The molecule has 1 aliphatic heterocycles. The predicted molar refractivity (Wildman–Crippen MR) is 52.9 cm³/mol. The molecule has 0 spiro atoms. The van der Waals surface area contributed by atoms with Gasteiger partial charge in [-0.25, -0.2) is 0 Å². The van der Waals surface area contributed by atoms with E-state index in [1.54, 1.807) is 0 Å². The molecule has 2 aliphatic rings. The van der Waals surface area contributed by atoms with Crippen molar-refractivity contribution in [2.45, 2.75) is 38.6 Å². The minimum atomic E-state index is 0.958. The van der Waals surface area contributed by atoms with Gasteiger partial charge in [0.05, 0.1) is 19.3 Å². The van der Waals surface area contributed by atoms with Crippen molar-refractivity contribution in [2.75, 3.05) is 26.3 Å². The Morgan fingerprint density at radius 2 is 1.62 bits per heavy atom. The van der Waals surface area contributed by atoms with Crippen molar-refractivity contribution in [1.82, 2.24) is 0 Å². The summed E-state index contributed by atoms with van der Waals surface area (Å²) in [6.07, 6.45) is 5.82. The SMILES string of the molecule is CC1CCC([NH+]2CCOCC2)CC1. The highest BCUT2D eigenvalue weighted by atomic mass is 16.5. The highest BCUT2D eigenvalue weighted by Crippen LogP contribution is 2.21. The van der Waals surface area contributed by atoms with Crippen molar-refractivity contribution in [2.24, 2.45) is 5.92 Å². The van der Waals surface area contributed by atoms with Gasteiger partial charge in [0.1, 0.15) is 13.1 Å². The molecule has 2 nitrogen and oxygen atoms in total. The first-order valence-corrected chi connectivity index (χ1v) is 5.78. The van der Waals surface area contributed by atoms with Crippen molar-refractivity contribution in [1.29, 1.82) is 0 Å². The Kier molecular flexibility index (Phi) is 3.23. The van der Waals surface area contributed by atoms with E-state index in [0.717, 1.165) is 25.2 Å². The van der Waals surface area contributed by atoms with Crippen LogP contribution in [0.2, 0.25) is 0 Å². The molecule has 0 atom stereocenters. The van der Waals surface area contributed by atoms with E-state index in [2.05, 4.69) is 6.92 Å². The van der Waals surface area contributed by atoms with Gasteiger partial charge in [-0.2, -0.15) is 0 Å². The van der Waals surface area contributed by atoms with Crippen LogP contribution >= 0.6 is 0 Å². The molecule has 2 rings (SSSR count). The summed E-state index contributed by atoms with van der Waals surface area (Å²) < 4.78 is 5.39. The Bertz CT molecular complexity index is 146. The molecule has 1 saturated heterocycles. The molecule has 1 N–H and O–H groups in total. The first-order chi connectivity index (χ1) is 6.36. The van der Waals surface area contributed by atoms with Crippen LogP contribution in [0.25, 0.3) is 0 Å². The molecular weight excluding hydrogens is 162 g/mol. The standard InChI is InChI=1S/C11H21NO/c1-10-2-4-11(5-3-10)12-6-8-13-9-7-12/h10-11H,2-9H2,1H3/p+1. The second kappa shape index (κ2) is 4.43. The summed E-state index contributed by atoms with van der Waals surface area (Å²) >= 11 is 0. The fourth-order valence-corrected chi connectivity index (χ4v) is 2.71. The van der Waals surface area contributed by atoms with Crippen LogP contribution in [0.15, 0.2) is 0 Å².